The van der Waals surface area contributed by atoms with Crippen LogP contribution in [0.3, 0.4) is 0 Å². The third-order valence-electron chi connectivity index (χ3n) is 3.94. The molecule has 1 aromatic heterocycles. The van der Waals surface area contributed by atoms with Crippen LogP contribution in [0.2, 0.25) is 0 Å². The number of nitrogens with zero attached hydrogens (tertiary/aromatic N) is 3. The zero-order chi connectivity index (χ0) is 17.0. The second-order valence-corrected chi connectivity index (χ2v) is 7.25. The van der Waals surface area contributed by atoms with Gasteiger partial charge in [-0.3, -0.25) is 5.01 Å². The molecule has 126 valence electrons. The second-order valence-electron chi connectivity index (χ2n) is 5.73. The summed E-state index contributed by atoms with van der Waals surface area (Å²) in [4.78, 5) is 0. The van der Waals surface area contributed by atoms with Gasteiger partial charge in [0.05, 0.1) is 22.0 Å². The molecule has 6 nitrogen and oxygen atoms in total. The molecule has 2 heterocycles. The van der Waals surface area contributed by atoms with Crippen molar-refractivity contribution in [2.75, 3.05) is 17.3 Å². The van der Waals surface area contributed by atoms with Gasteiger partial charge in [-0.25, -0.2) is 13.0 Å². The second kappa shape index (κ2) is 7.11. The molecule has 0 unspecified atom stereocenters. The number of pyridine rings is 1. The van der Waals surface area contributed by atoms with Crippen molar-refractivity contribution in [2.24, 2.45) is 5.10 Å². The molecule has 0 N–H and O–H groups in total. The Morgan fingerprint density at radius 3 is 2.71 bits per heavy atom. The Morgan fingerprint density at radius 2 is 1.96 bits per heavy atom. The summed E-state index contributed by atoms with van der Waals surface area (Å²) in [5, 5.41) is 6.53. The van der Waals surface area contributed by atoms with Crippen molar-refractivity contribution >= 4 is 22.0 Å². The molecule has 1 aromatic carbocycles. The maximum atomic E-state index is 10.6. The molecule has 1 aliphatic rings. The summed E-state index contributed by atoms with van der Waals surface area (Å²) in [7, 11) is -4.13. The van der Waals surface area contributed by atoms with Crippen LogP contribution in [0, 0.1) is 0 Å². The van der Waals surface area contributed by atoms with E-state index in [1.165, 1.54) is 5.56 Å². The van der Waals surface area contributed by atoms with Crippen LogP contribution in [0.5, 0.6) is 0 Å². The van der Waals surface area contributed by atoms with Crippen LogP contribution >= 0.6 is 0 Å². The number of rotatable bonds is 6. The van der Waals surface area contributed by atoms with E-state index in [-0.39, 0.29) is 5.75 Å². The number of hydrogen-bond acceptors (Lipinski definition) is 5. The number of aromatic nitrogens is 1. The van der Waals surface area contributed by atoms with Gasteiger partial charge >= 0.3 is 0 Å². The molecule has 3 rings (SSSR count). The summed E-state index contributed by atoms with van der Waals surface area (Å²) < 4.78 is 33.6. The highest BCUT2D eigenvalue weighted by atomic mass is 32.2. The molecule has 0 fully saturated rings. The van der Waals surface area contributed by atoms with Gasteiger partial charge in [-0.2, -0.15) is 5.10 Å². The van der Waals surface area contributed by atoms with Gasteiger partial charge in [-0.05, 0) is 18.1 Å². The van der Waals surface area contributed by atoms with Gasteiger partial charge in [-0.1, -0.05) is 18.2 Å². The van der Waals surface area contributed by atoms with Crippen molar-refractivity contribution in [3.8, 4) is 0 Å². The summed E-state index contributed by atoms with van der Waals surface area (Å²) in [6.07, 6.45) is 6.85. The molecular formula is C17H19N3O3S. The summed E-state index contributed by atoms with van der Waals surface area (Å²) in [6.45, 7) is 1.38. The molecular weight excluding hydrogens is 326 g/mol. The van der Waals surface area contributed by atoms with Gasteiger partial charge in [0.15, 0.2) is 12.4 Å². The summed E-state index contributed by atoms with van der Waals surface area (Å²) >= 11 is 0. The predicted octanol–water partition coefficient (Wildman–Crippen LogP) is 1.31. The molecule has 24 heavy (non-hydrogen) atoms. The van der Waals surface area contributed by atoms with E-state index in [2.05, 4.69) is 17.2 Å². The largest absolute Gasteiger partial charge is 0.748 e. The van der Waals surface area contributed by atoms with Gasteiger partial charge in [0, 0.05) is 36.4 Å². The molecule has 7 heteroatoms. The van der Waals surface area contributed by atoms with E-state index in [0.717, 1.165) is 24.2 Å². The SMILES string of the molecule is O=S(=O)([O-])CCC[n+]1ccc(/C=N/N2CCc3ccccc32)cc1. The van der Waals surface area contributed by atoms with Crippen molar-refractivity contribution in [2.45, 2.75) is 19.4 Å². The molecule has 0 saturated heterocycles. The van der Waals surface area contributed by atoms with Crippen molar-refractivity contribution in [3.05, 3.63) is 59.9 Å². The normalized spacial score (nSPS) is 14.3. The monoisotopic (exact) mass is 345 g/mol. The zero-order valence-electron chi connectivity index (χ0n) is 13.2. The van der Waals surface area contributed by atoms with Crippen LogP contribution in [0.15, 0.2) is 53.9 Å². The minimum atomic E-state index is -4.13. The number of benzene rings is 1. The Labute approximate surface area is 141 Å². The molecule has 0 radical (unpaired) electrons. The Hall–Kier alpha value is -2.25. The molecule has 0 bridgehead atoms. The van der Waals surface area contributed by atoms with Crippen molar-refractivity contribution in [1.82, 2.24) is 0 Å². The van der Waals surface area contributed by atoms with Crippen molar-refractivity contribution in [1.29, 1.82) is 0 Å². The number of fused-ring (bicyclic) bond motifs is 1. The molecule has 0 spiro atoms. The number of anilines is 1. The first-order valence-electron chi connectivity index (χ1n) is 7.83. The lowest BCUT2D eigenvalue weighted by molar-refractivity contribution is -0.696. The quantitative estimate of drug-likeness (QED) is 0.449. The van der Waals surface area contributed by atoms with E-state index in [4.69, 9.17) is 0 Å². The minimum absolute atomic E-state index is 0.314. The summed E-state index contributed by atoms with van der Waals surface area (Å²) in [6, 6.07) is 12.1. The van der Waals surface area contributed by atoms with E-state index in [0.29, 0.717) is 13.0 Å². The van der Waals surface area contributed by atoms with Crippen LogP contribution in [0.1, 0.15) is 17.5 Å². The lowest BCUT2D eigenvalue weighted by atomic mass is 10.2. The average Bonchev–Trinajstić information content (AvgIpc) is 2.96. The molecule has 0 amide bonds. The smallest absolute Gasteiger partial charge is 0.169 e. The fourth-order valence-electron chi connectivity index (χ4n) is 2.71. The summed E-state index contributed by atoms with van der Waals surface area (Å²) in [5.74, 6) is -0.336. The number of para-hydroxylation sites is 1. The lowest BCUT2D eigenvalue weighted by Gasteiger charge is -2.11. The topological polar surface area (TPSA) is 76.7 Å². The van der Waals surface area contributed by atoms with Gasteiger partial charge in [0.2, 0.25) is 0 Å². The maximum Gasteiger partial charge on any atom is 0.169 e. The fraction of sp³-hybridized carbons (Fsp3) is 0.294. The van der Waals surface area contributed by atoms with Crippen molar-refractivity contribution < 1.29 is 17.5 Å². The molecule has 0 atom stereocenters. The highest BCUT2D eigenvalue weighted by molar-refractivity contribution is 7.85. The van der Waals surface area contributed by atoms with Crippen LogP contribution in [0.4, 0.5) is 5.69 Å². The van der Waals surface area contributed by atoms with Crippen LogP contribution in [-0.2, 0) is 23.1 Å². The zero-order valence-corrected chi connectivity index (χ0v) is 14.0. The van der Waals surface area contributed by atoms with Gasteiger partial charge in [-0.15, -0.1) is 0 Å². The van der Waals surface area contributed by atoms with E-state index < -0.39 is 10.1 Å². The van der Waals surface area contributed by atoms with Gasteiger partial charge in [0.25, 0.3) is 0 Å². The van der Waals surface area contributed by atoms with Crippen LogP contribution < -0.4 is 9.58 Å². The number of aryl methyl sites for hydroxylation is 1. The Kier molecular flexibility index (Phi) is 4.92. The summed E-state index contributed by atoms with van der Waals surface area (Å²) in [5.41, 5.74) is 3.43. The lowest BCUT2D eigenvalue weighted by Crippen LogP contribution is -2.33. The first-order chi connectivity index (χ1) is 11.5. The molecule has 0 aliphatic carbocycles. The third kappa shape index (κ3) is 4.39. The number of hydrogen-bond donors (Lipinski definition) is 0. The average molecular weight is 345 g/mol. The van der Waals surface area contributed by atoms with Gasteiger partial charge in [0.1, 0.15) is 6.54 Å². The van der Waals surface area contributed by atoms with E-state index in [1.807, 2.05) is 52.4 Å². The van der Waals surface area contributed by atoms with E-state index in [1.54, 1.807) is 0 Å². The Morgan fingerprint density at radius 1 is 1.21 bits per heavy atom. The third-order valence-corrected chi connectivity index (χ3v) is 4.73. The van der Waals surface area contributed by atoms with Crippen molar-refractivity contribution in [3.63, 3.8) is 0 Å². The van der Waals surface area contributed by atoms with Crippen LogP contribution in [0.25, 0.3) is 0 Å². The van der Waals surface area contributed by atoms with Crippen LogP contribution in [-0.4, -0.2) is 31.5 Å². The molecule has 0 saturated carbocycles. The Bertz CT molecular complexity index is 832. The fourth-order valence-corrected chi connectivity index (χ4v) is 3.19. The number of hydrazone groups is 1. The Balaban J connectivity index is 1.59. The highest BCUT2D eigenvalue weighted by Crippen LogP contribution is 2.27. The first kappa shape index (κ1) is 16.6. The predicted molar refractivity (Wildman–Crippen MR) is 90.9 cm³/mol. The van der Waals surface area contributed by atoms with E-state index >= 15 is 0 Å². The highest BCUT2D eigenvalue weighted by Gasteiger charge is 2.16. The minimum Gasteiger partial charge on any atom is -0.748 e. The maximum absolute atomic E-state index is 10.6. The first-order valence-corrected chi connectivity index (χ1v) is 9.41. The molecule has 1 aliphatic heterocycles. The molecule has 2 aromatic rings. The van der Waals surface area contributed by atoms with E-state index in [9.17, 15) is 13.0 Å². The van der Waals surface area contributed by atoms with Gasteiger partial charge < -0.3 is 4.55 Å². The standard InChI is InChI=1S/C17H19N3O3S/c21-24(22,23)13-3-9-19-10-6-15(7-11-19)14-18-20-12-8-16-4-1-2-5-17(16)20/h1-2,4-7,10-11,14H,3,8-9,12-13H2.